The Hall–Kier alpha value is -4.66. The smallest absolute Gasteiger partial charge is 0.291 e. The first-order chi connectivity index (χ1) is 25.1. The Balaban J connectivity index is 1.23. The number of piperazine rings is 1. The first-order valence-electron chi connectivity index (χ1n) is 17.6. The van der Waals surface area contributed by atoms with Crippen molar-refractivity contribution in [1.29, 1.82) is 5.41 Å². The summed E-state index contributed by atoms with van der Waals surface area (Å²) in [4.78, 5) is 50.6. The molecule has 3 amide bonds. The number of benzene rings is 2. The van der Waals surface area contributed by atoms with Crippen molar-refractivity contribution in [3.05, 3.63) is 76.3 Å². The highest BCUT2D eigenvalue weighted by Crippen LogP contribution is 2.46. The van der Waals surface area contributed by atoms with E-state index in [0.717, 1.165) is 6.54 Å². The summed E-state index contributed by atoms with van der Waals surface area (Å²) < 4.78 is 37.5. The Morgan fingerprint density at radius 2 is 1.75 bits per heavy atom. The van der Waals surface area contributed by atoms with Crippen molar-refractivity contribution >= 4 is 46.3 Å². The Bertz CT molecular complexity index is 1920. The van der Waals surface area contributed by atoms with Crippen LogP contribution in [0.1, 0.15) is 40.4 Å². The molecular formula is C38H48ClF2N8O4+. The van der Waals surface area contributed by atoms with Gasteiger partial charge in [-0.3, -0.25) is 14.4 Å². The van der Waals surface area contributed by atoms with E-state index in [-0.39, 0.29) is 62.2 Å². The zero-order valence-corrected chi connectivity index (χ0v) is 32.0. The molecule has 3 N–H and O–H groups in total. The van der Waals surface area contributed by atoms with E-state index in [0.29, 0.717) is 56.9 Å². The Labute approximate surface area is 313 Å². The van der Waals surface area contributed by atoms with E-state index >= 15 is 8.78 Å². The average molecular weight is 754 g/mol. The number of carbonyl (C=O) groups is 3. The summed E-state index contributed by atoms with van der Waals surface area (Å²) in [7, 11) is 9.01. The number of nitrogens with zero attached hydrogens (tertiary/aromatic N) is 5. The maximum atomic E-state index is 15.6. The minimum absolute atomic E-state index is 0.0514. The lowest BCUT2D eigenvalue weighted by atomic mass is 9.99. The second-order valence-electron chi connectivity index (χ2n) is 14.2. The summed E-state index contributed by atoms with van der Waals surface area (Å²) in [6.07, 6.45) is 2.85. The molecule has 2 aliphatic rings. The van der Waals surface area contributed by atoms with Gasteiger partial charge in [0.2, 0.25) is 5.91 Å². The maximum Gasteiger partial charge on any atom is 0.291 e. The number of ether oxygens (including phenoxy) is 1. The number of rotatable bonds is 13. The van der Waals surface area contributed by atoms with Crippen LogP contribution in [0.15, 0.2) is 42.7 Å². The first-order valence-corrected chi connectivity index (χ1v) is 18.0. The lowest BCUT2D eigenvalue weighted by Crippen LogP contribution is -3.06. The number of methoxy groups -OCH3 is 1. The van der Waals surface area contributed by atoms with Gasteiger partial charge in [-0.15, -0.1) is 0 Å². The second-order valence-corrected chi connectivity index (χ2v) is 14.6. The summed E-state index contributed by atoms with van der Waals surface area (Å²) in [6, 6.07) is 7.35. The molecule has 12 nitrogen and oxygen atoms in total. The van der Waals surface area contributed by atoms with Gasteiger partial charge in [-0.2, -0.15) is 0 Å². The molecule has 15 heteroatoms. The van der Waals surface area contributed by atoms with Crippen LogP contribution in [0.3, 0.4) is 0 Å². The van der Waals surface area contributed by atoms with E-state index in [9.17, 15) is 14.4 Å². The summed E-state index contributed by atoms with van der Waals surface area (Å²) >= 11 is 6.54. The van der Waals surface area contributed by atoms with Crippen LogP contribution in [0, 0.1) is 34.8 Å². The highest BCUT2D eigenvalue weighted by atomic mass is 35.5. The van der Waals surface area contributed by atoms with Crippen molar-refractivity contribution in [1.82, 2.24) is 24.3 Å². The molecule has 1 saturated heterocycles. The highest BCUT2D eigenvalue weighted by Gasteiger charge is 2.54. The van der Waals surface area contributed by atoms with Gasteiger partial charge in [0.1, 0.15) is 0 Å². The van der Waals surface area contributed by atoms with Crippen molar-refractivity contribution in [2.75, 3.05) is 79.4 Å². The molecule has 284 valence electrons. The van der Waals surface area contributed by atoms with Gasteiger partial charge in [-0.25, -0.2) is 13.8 Å². The monoisotopic (exact) mass is 753 g/mol. The number of anilines is 1. The van der Waals surface area contributed by atoms with Crippen LogP contribution >= 0.6 is 11.6 Å². The van der Waals surface area contributed by atoms with Gasteiger partial charge in [0.05, 0.1) is 49.7 Å². The van der Waals surface area contributed by atoms with Crippen molar-refractivity contribution in [3.63, 3.8) is 0 Å². The van der Waals surface area contributed by atoms with Gasteiger partial charge < -0.3 is 39.6 Å². The highest BCUT2D eigenvalue weighted by molar-refractivity contribution is 6.34. The van der Waals surface area contributed by atoms with Gasteiger partial charge in [-0.05, 0) is 37.1 Å². The number of carbonyl (C=O) groups excluding carboxylic acids is 3. The number of hydrogen-bond donors (Lipinski definition) is 3. The second kappa shape index (κ2) is 16.6. The number of hydrogen-bond acceptors (Lipinski definition) is 7. The normalized spacial score (nSPS) is 18.7. The number of allylic oxidation sites excluding steroid dienone is 1. The largest absolute Gasteiger partial charge is 0.383 e. The average Bonchev–Trinajstić information content (AvgIpc) is 3.57. The first kappa shape index (κ1) is 39.5. The number of nitrogens with one attached hydrogen (secondary N) is 3. The number of amides is 3. The molecule has 1 aliphatic heterocycles. The fraction of sp³-hybridized carbons (Fsp3) is 0.447. The molecule has 1 aromatic heterocycles. The van der Waals surface area contributed by atoms with Gasteiger partial charge in [-0.1, -0.05) is 24.6 Å². The number of quaternary nitrogens is 1. The molecule has 0 radical (unpaired) electrons. The summed E-state index contributed by atoms with van der Waals surface area (Å²) in [6.45, 7) is 7.20. The number of halogens is 3. The SMILES string of the molecule is COCCN(C)/C=C(\C(C)=N)c1ccc(-c2cnc(C(=O)Nc3ccc(C(=O)N4CCN(C(=O)[C@H]5[C@H](C)[C@@H]5C[NH+](C)C)CC4)c(Cl)c3)n2C)c(F)c1F. The molecule has 1 aliphatic carbocycles. The van der Waals surface area contributed by atoms with Crippen LogP contribution in [0.2, 0.25) is 5.02 Å². The molecule has 2 heterocycles. The van der Waals surface area contributed by atoms with Crippen molar-refractivity contribution < 1.29 is 32.8 Å². The number of aromatic nitrogens is 2. The van der Waals surface area contributed by atoms with E-state index < -0.39 is 17.5 Å². The summed E-state index contributed by atoms with van der Waals surface area (Å²) in [5, 5.41) is 11.0. The zero-order valence-electron chi connectivity index (χ0n) is 31.2. The fourth-order valence-electron chi connectivity index (χ4n) is 6.92. The molecule has 0 spiro atoms. The van der Waals surface area contributed by atoms with Crippen molar-refractivity contribution in [2.24, 2.45) is 24.8 Å². The molecule has 2 aromatic carbocycles. The standard InChI is InChI=1S/C38H47ClF2N8O4/c1-22-28(20-45(3)4)32(22)38(52)49-14-12-48(13-15-49)37(51)26-9-8-24(18-30(26)39)44-36(50)35-43-19-31(47(35)6)27-11-10-25(33(40)34(27)41)29(23(2)42)21-46(5)16-17-53-7/h8-11,18-19,21-22,28,32,42H,12-17,20H2,1-7H3,(H,44,50)/p+1/b29-21+,42-23?/t22-,28+,32+/m1/s1. The zero-order chi connectivity index (χ0) is 38.7. The van der Waals surface area contributed by atoms with E-state index in [1.165, 1.54) is 53.9 Å². The van der Waals surface area contributed by atoms with E-state index in [1.807, 2.05) is 4.90 Å². The van der Waals surface area contributed by atoms with Gasteiger partial charge >= 0.3 is 0 Å². The molecule has 3 aromatic rings. The van der Waals surface area contributed by atoms with Gasteiger partial charge in [0.15, 0.2) is 17.5 Å². The van der Waals surface area contributed by atoms with Crippen LogP contribution in [-0.2, 0) is 16.6 Å². The van der Waals surface area contributed by atoms with Crippen LogP contribution in [-0.4, -0.2) is 122 Å². The third-order valence-electron chi connectivity index (χ3n) is 10.1. The van der Waals surface area contributed by atoms with Crippen LogP contribution < -0.4 is 10.2 Å². The number of likely N-dealkylation sites (N-methyl/N-ethyl adjacent to an activating group) is 1. The fourth-order valence-corrected chi connectivity index (χ4v) is 7.18. The molecule has 0 unspecified atom stereocenters. The van der Waals surface area contributed by atoms with Gasteiger partial charge in [0, 0.05) is 100 Å². The van der Waals surface area contributed by atoms with Crippen LogP contribution in [0.4, 0.5) is 14.5 Å². The molecule has 1 saturated carbocycles. The molecule has 0 bridgehead atoms. The predicted octanol–water partition coefficient (Wildman–Crippen LogP) is 3.54. The maximum absolute atomic E-state index is 15.6. The molecule has 5 rings (SSSR count). The van der Waals surface area contributed by atoms with Gasteiger partial charge in [0.25, 0.3) is 11.8 Å². The topological polar surface area (TPSA) is 128 Å². The molecular weight excluding hydrogens is 706 g/mol. The summed E-state index contributed by atoms with van der Waals surface area (Å²) in [5.74, 6) is -2.25. The van der Waals surface area contributed by atoms with E-state index in [2.05, 4.69) is 31.3 Å². The van der Waals surface area contributed by atoms with Crippen LogP contribution in [0.5, 0.6) is 0 Å². The van der Waals surface area contributed by atoms with Crippen molar-refractivity contribution in [3.8, 4) is 11.3 Å². The van der Waals surface area contributed by atoms with E-state index in [4.69, 9.17) is 21.7 Å². The molecule has 3 atom stereocenters. The Morgan fingerprint density at radius 3 is 2.38 bits per heavy atom. The predicted molar refractivity (Wildman–Crippen MR) is 200 cm³/mol. The minimum Gasteiger partial charge on any atom is -0.383 e. The minimum atomic E-state index is -1.14. The Morgan fingerprint density at radius 1 is 1.09 bits per heavy atom. The quantitative estimate of drug-likeness (QED) is 0.229. The number of imidazole rings is 1. The van der Waals surface area contributed by atoms with Crippen molar-refractivity contribution in [2.45, 2.75) is 13.8 Å². The third kappa shape index (κ3) is 8.61. The lowest BCUT2D eigenvalue weighted by molar-refractivity contribution is -0.860. The van der Waals surface area contributed by atoms with Crippen LogP contribution in [0.25, 0.3) is 16.8 Å². The summed E-state index contributed by atoms with van der Waals surface area (Å²) in [5.41, 5.74) is 0.834. The molecule has 53 heavy (non-hydrogen) atoms. The van der Waals surface area contributed by atoms with E-state index in [1.54, 1.807) is 36.2 Å². The Kier molecular flexibility index (Phi) is 12.4. The third-order valence-corrected chi connectivity index (χ3v) is 10.4. The molecule has 2 fully saturated rings. The lowest BCUT2D eigenvalue weighted by Gasteiger charge is -2.35.